The Labute approximate surface area is 101 Å². The normalized spacial score (nSPS) is 10.7. The van der Waals surface area contributed by atoms with Crippen molar-refractivity contribution in [1.82, 2.24) is 9.97 Å². The van der Waals surface area contributed by atoms with E-state index in [9.17, 15) is 4.79 Å². The maximum Gasteiger partial charge on any atom is 0.376 e. The van der Waals surface area contributed by atoms with Crippen LogP contribution in [0.2, 0.25) is 5.15 Å². The third-order valence-electron chi connectivity index (χ3n) is 2.11. The average Bonchev–Trinajstić information content (AvgIpc) is 2.71. The van der Waals surface area contributed by atoms with E-state index in [0.717, 1.165) is 21.5 Å². The standard InChI is InChI=1S/C10H9ClN2O2S/c1-3-5-4-6-7(11)12-8(10(14)15-2)13-9(6)16-5/h4H,3H2,1-2H3. The monoisotopic (exact) mass is 256 g/mol. The molecule has 0 unspecified atom stereocenters. The number of rotatable bonds is 2. The van der Waals surface area contributed by atoms with Crippen molar-refractivity contribution in [2.45, 2.75) is 13.3 Å². The molecule has 0 N–H and O–H groups in total. The molecule has 0 aromatic carbocycles. The van der Waals surface area contributed by atoms with Crippen molar-refractivity contribution in [3.8, 4) is 0 Å². The van der Waals surface area contributed by atoms with Crippen molar-refractivity contribution in [1.29, 1.82) is 0 Å². The van der Waals surface area contributed by atoms with Crippen LogP contribution in [0.1, 0.15) is 22.4 Å². The number of methoxy groups -OCH3 is 1. The highest BCUT2D eigenvalue weighted by atomic mass is 35.5. The molecule has 0 saturated heterocycles. The second-order valence-electron chi connectivity index (χ2n) is 3.11. The smallest absolute Gasteiger partial charge is 0.376 e. The number of carbonyl (C=O) groups is 1. The van der Waals surface area contributed by atoms with Crippen molar-refractivity contribution < 1.29 is 9.53 Å². The first-order valence-corrected chi connectivity index (χ1v) is 5.89. The quantitative estimate of drug-likeness (QED) is 0.612. The molecular weight excluding hydrogens is 248 g/mol. The minimum absolute atomic E-state index is 0.00417. The van der Waals surface area contributed by atoms with E-state index in [1.807, 2.05) is 13.0 Å². The van der Waals surface area contributed by atoms with E-state index in [1.54, 1.807) is 0 Å². The lowest BCUT2D eigenvalue weighted by Crippen LogP contribution is -2.07. The Hall–Kier alpha value is -1.20. The topological polar surface area (TPSA) is 52.1 Å². The largest absolute Gasteiger partial charge is 0.463 e. The van der Waals surface area contributed by atoms with Crippen LogP contribution in [-0.2, 0) is 11.2 Å². The molecule has 0 saturated carbocycles. The molecule has 2 aromatic rings. The van der Waals surface area contributed by atoms with Gasteiger partial charge in [-0.2, -0.15) is 0 Å². The molecular formula is C10H9ClN2O2S. The zero-order valence-electron chi connectivity index (χ0n) is 8.78. The molecule has 2 heterocycles. The highest BCUT2D eigenvalue weighted by molar-refractivity contribution is 7.18. The third kappa shape index (κ3) is 1.88. The van der Waals surface area contributed by atoms with Crippen LogP contribution in [0.4, 0.5) is 0 Å². The molecule has 2 rings (SSSR count). The molecule has 0 atom stereocenters. The minimum atomic E-state index is -0.574. The van der Waals surface area contributed by atoms with E-state index >= 15 is 0 Å². The van der Waals surface area contributed by atoms with Crippen molar-refractivity contribution >= 4 is 39.1 Å². The second kappa shape index (κ2) is 4.35. The van der Waals surface area contributed by atoms with Gasteiger partial charge in [0.05, 0.1) is 7.11 Å². The fraction of sp³-hybridized carbons (Fsp3) is 0.300. The van der Waals surface area contributed by atoms with E-state index in [2.05, 4.69) is 14.7 Å². The van der Waals surface area contributed by atoms with Crippen molar-refractivity contribution in [3.63, 3.8) is 0 Å². The number of hydrogen-bond acceptors (Lipinski definition) is 5. The lowest BCUT2D eigenvalue weighted by molar-refractivity contribution is 0.0587. The molecule has 0 fully saturated rings. The average molecular weight is 257 g/mol. The summed E-state index contributed by atoms with van der Waals surface area (Å²) in [5, 5.41) is 1.08. The van der Waals surface area contributed by atoms with Crippen LogP contribution in [0, 0.1) is 0 Å². The van der Waals surface area contributed by atoms with Gasteiger partial charge < -0.3 is 4.74 Å². The molecule has 0 radical (unpaired) electrons. The SMILES string of the molecule is CCc1cc2c(Cl)nc(C(=O)OC)nc2s1. The second-order valence-corrected chi connectivity index (χ2v) is 4.59. The van der Waals surface area contributed by atoms with Crippen LogP contribution >= 0.6 is 22.9 Å². The van der Waals surface area contributed by atoms with Crippen LogP contribution in [0.15, 0.2) is 6.07 Å². The number of esters is 1. The van der Waals surface area contributed by atoms with Gasteiger partial charge >= 0.3 is 5.97 Å². The van der Waals surface area contributed by atoms with E-state index in [4.69, 9.17) is 11.6 Å². The summed E-state index contributed by atoms with van der Waals surface area (Å²) in [6.45, 7) is 2.05. The van der Waals surface area contributed by atoms with Crippen LogP contribution in [-0.4, -0.2) is 23.0 Å². The fourth-order valence-corrected chi connectivity index (χ4v) is 2.54. The molecule has 16 heavy (non-hydrogen) atoms. The summed E-state index contributed by atoms with van der Waals surface area (Å²) in [4.78, 5) is 21.2. The molecule has 6 heteroatoms. The maximum absolute atomic E-state index is 11.3. The molecule has 0 amide bonds. The number of hydrogen-bond donors (Lipinski definition) is 0. The van der Waals surface area contributed by atoms with Crippen LogP contribution < -0.4 is 0 Å². The number of halogens is 1. The highest BCUT2D eigenvalue weighted by Crippen LogP contribution is 2.29. The van der Waals surface area contributed by atoms with E-state index in [-0.39, 0.29) is 5.82 Å². The Balaban J connectivity index is 2.61. The molecule has 0 aliphatic rings. The van der Waals surface area contributed by atoms with Gasteiger partial charge in [-0.05, 0) is 12.5 Å². The Morgan fingerprint density at radius 3 is 2.94 bits per heavy atom. The van der Waals surface area contributed by atoms with Gasteiger partial charge in [-0.15, -0.1) is 11.3 Å². The van der Waals surface area contributed by atoms with Gasteiger partial charge in [-0.25, -0.2) is 14.8 Å². The summed E-state index contributed by atoms with van der Waals surface area (Å²) in [6, 6.07) is 1.95. The van der Waals surface area contributed by atoms with Gasteiger partial charge in [-0.1, -0.05) is 18.5 Å². The number of fused-ring (bicyclic) bond motifs is 1. The van der Waals surface area contributed by atoms with Gasteiger partial charge in [-0.3, -0.25) is 0 Å². The van der Waals surface area contributed by atoms with Crippen molar-refractivity contribution in [2.24, 2.45) is 0 Å². The first-order valence-electron chi connectivity index (χ1n) is 4.70. The Bertz CT molecular complexity index is 553. The van der Waals surface area contributed by atoms with Gasteiger partial charge in [0, 0.05) is 10.3 Å². The number of aromatic nitrogens is 2. The van der Waals surface area contributed by atoms with Crippen molar-refractivity contribution in [2.75, 3.05) is 7.11 Å². The van der Waals surface area contributed by atoms with Crippen LogP contribution in [0.25, 0.3) is 10.2 Å². The van der Waals surface area contributed by atoms with E-state index < -0.39 is 5.97 Å². The minimum Gasteiger partial charge on any atom is -0.463 e. The van der Waals surface area contributed by atoms with Crippen molar-refractivity contribution in [3.05, 3.63) is 21.9 Å². The number of thiophene rings is 1. The molecule has 0 aliphatic carbocycles. The predicted molar refractivity (Wildman–Crippen MR) is 63.1 cm³/mol. The predicted octanol–water partition coefficient (Wildman–Crippen LogP) is 2.69. The van der Waals surface area contributed by atoms with Crippen LogP contribution in [0.3, 0.4) is 0 Å². The Morgan fingerprint density at radius 2 is 2.31 bits per heavy atom. The zero-order chi connectivity index (χ0) is 11.7. The summed E-state index contributed by atoms with van der Waals surface area (Å²) in [7, 11) is 1.29. The number of aryl methyl sites for hydroxylation is 1. The van der Waals surface area contributed by atoms with E-state index in [1.165, 1.54) is 18.4 Å². The molecule has 2 aromatic heterocycles. The van der Waals surface area contributed by atoms with Gasteiger partial charge in [0.25, 0.3) is 0 Å². The number of nitrogens with zero attached hydrogens (tertiary/aromatic N) is 2. The number of ether oxygens (including phenoxy) is 1. The summed E-state index contributed by atoms with van der Waals surface area (Å²) >= 11 is 7.49. The summed E-state index contributed by atoms with van der Waals surface area (Å²) < 4.78 is 4.56. The fourth-order valence-electron chi connectivity index (χ4n) is 1.29. The molecule has 0 spiro atoms. The molecule has 0 aliphatic heterocycles. The summed E-state index contributed by atoms with van der Waals surface area (Å²) in [5.74, 6) is -0.570. The summed E-state index contributed by atoms with van der Waals surface area (Å²) in [5.41, 5.74) is 0. The van der Waals surface area contributed by atoms with Gasteiger partial charge in [0.15, 0.2) is 0 Å². The lowest BCUT2D eigenvalue weighted by Gasteiger charge is -1.98. The highest BCUT2D eigenvalue weighted by Gasteiger charge is 2.15. The van der Waals surface area contributed by atoms with Gasteiger partial charge in [0.1, 0.15) is 9.98 Å². The molecule has 84 valence electrons. The Kier molecular flexibility index (Phi) is 3.07. The molecule has 0 bridgehead atoms. The zero-order valence-corrected chi connectivity index (χ0v) is 10.4. The van der Waals surface area contributed by atoms with E-state index in [0.29, 0.717) is 5.15 Å². The number of carbonyl (C=O) groups excluding carboxylic acids is 1. The first kappa shape index (κ1) is 11.3. The maximum atomic E-state index is 11.3. The van der Waals surface area contributed by atoms with Crippen LogP contribution in [0.5, 0.6) is 0 Å². The lowest BCUT2D eigenvalue weighted by atomic mass is 10.3. The summed E-state index contributed by atoms with van der Waals surface area (Å²) in [6.07, 6.45) is 0.908. The first-order chi connectivity index (χ1) is 7.65. The molecule has 4 nitrogen and oxygen atoms in total. The third-order valence-corrected chi connectivity index (χ3v) is 3.58. The van der Waals surface area contributed by atoms with Gasteiger partial charge in [0.2, 0.25) is 5.82 Å². The Morgan fingerprint density at radius 1 is 1.56 bits per heavy atom.